The smallest absolute Gasteiger partial charge is 0.255 e. The molecule has 33 heavy (non-hydrogen) atoms. The van der Waals surface area contributed by atoms with Gasteiger partial charge in [-0.3, -0.25) is 14.5 Å². The number of halogens is 2. The number of nitrogens with zero attached hydrogens (tertiary/aromatic N) is 3. The Hall–Kier alpha value is -2.32. The molecule has 2 fully saturated rings. The van der Waals surface area contributed by atoms with Crippen LogP contribution in [0, 0.1) is 0 Å². The molecule has 7 nitrogen and oxygen atoms in total. The van der Waals surface area contributed by atoms with E-state index in [0.717, 1.165) is 50.8 Å². The minimum absolute atomic E-state index is 0.0134. The summed E-state index contributed by atoms with van der Waals surface area (Å²) in [5.74, 6) is -0.102. The highest BCUT2D eigenvalue weighted by molar-refractivity contribution is 6.36. The van der Waals surface area contributed by atoms with E-state index in [-0.39, 0.29) is 11.8 Å². The Bertz CT molecular complexity index is 972. The molecule has 9 heteroatoms. The average Bonchev–Trinajstić information content (AvgIpc) is 2.84. The third kappa shape index (κ3) is 6.38. The quantitative estimate of drug-likeness (QED) is 0.669. The molecule has 0 saturated carbocycles. The summed E-state index contributed by atoms with van der Waals surface area (Å²) in [6, 6.07) is 12.9. The van der Waals surface area contributed by atoms with E-state index in [2.05, 4.69) is 15.1 Å². The molecule has 0 aliphatic carbocycles. The minimum Gasteiger partial charge on any atom is -0.378 e. The van der Waals surface area contributed by atoms with Gasteiger partial charge in [-0.05, 0) is 42.5 Å². The summed E-state index contributed by atoms with van der Waals surface area (Å²) in [6.45, 7) is 6.56. The highest BCUT2D eigenvalue weighted by Crippen LogP contribution is 2.23. The molecule has 1 N–H and O–H groups in total. The summed E-state index contributed by atoms with van der Waals surface area (Å²) in [5, 5.41) is 3.84. The van der Waals surface area contributed by atoms with Gasteiger partial charge >= 0.3 is 0 Å². The molecule has 0 radical (unpaired) electrons. The lowest BCUT2D eigenvalue weighted by atomic mass is 10.1. The Kier molecular flexibility index (Phi) is 8.09. The molecule has 2 saturated heterocycles. The number of carbonyl (C=O) groups is 2. The van der Waals surface area contributed by atoms with Crippen LogP contribution in [-0.4, -0.2) is 80.6 Å². The van der Waals surface area contributed by atoms with Crippen molar-refractivity contribution in [2.24, 2.45) is 0 Å². The first-order valence-corrected chi connectivity index (χ1v) is 11.9. The maximum Gasteiger partial charge on any atom is 0.255 e. The summed E-state index contributed by atoms with van der Waals surface area (Å²) in [6.07, 6.45) is 0.405. The number of ether oxygens (including phenoxy) is 1. The molecule has 0 aromatic heterocycles. The Morgan fingerprint density at radius 3 is 2.27 bits per heavy atom. The molecule has 2 aliphatic heterocycles. The summed E-state index contributed by atoms with van der Waals surface area (Å²) < 4.78 is 5.39. The zero-order chi connectivity index (χ0) is 23.2. The van der Waals surface area contributed by atoms with Crippen LogP contribution in [-0.2, 0) is 9.53 Å². The van der Waals surface area contributed by atoms with Crippen molar-refractivity contribution in [1.82, 2.24) is 9.80 Å². The molecule has 0 atom stereocenters. The normalized spacial score (nSPS) is 17.2. The number of morpholine rings is 1. The second-order valence-corrected chi connectivity index (χ2v) is 9.05. The fraction of sp³-hybridized carbons (Fsp3) is 0.417. The summed E-state index contributed by atoms with van der Waals surface area (Å²) in [4.78, 5) is 31.4. The number of hydrogen-bond acceptors (Lipinski definition) is 5. The standard InChI is InChI=1S/C24H28Cl2N4O3/c25-18-1-6-21(22(26)17-18)24(32)30-11-9-28(10-12-30)8-7-23(31)27-19-2-4-20(5-3-19)29-13-15-33-16-14-29/h1-6,17H,7-16H2,(H,27,31). The molecule has 2 aromatic rings. The molecule has 2 amide bonds. The van der Waals surface area contributed by atoms with Crippen LogP contribution < -0.4 is 10.2 Å². The topological polar surface area (TPSA) is 65.1 Å². The Morgan fingerprint density at radius 2 is 1.61 bits per heavy atom. The molecular formula is C24H28Cl2N4O3. The van der Waals surface area contributed by atoms with Gasteiger partial charge in [0.25, 0.3) is 5.91 Å². The van der Waals surface area contributed by atoms with Gasteiger partial charge in [0.15, 0.2) is 0 Å². The van der Waals surface area contributed by atoms with Crippen LogP contribution in [0.3, 0.4) is 0 Å². The third-order valence-electron chi connectivity index (χ3n) is 6.00. The predicted molar refractivity (Wildman–Crippen MR) is 132 cm³/mol. The number of piperazine rings is 1. The minimum atomic E-state index is -0.0883. The SMILES string of the molecule is O=C(CCN1CCN(C(=O)c2ccc(Cl)cc2Cl)CC1)Nc1ccc(N2CCOCC2)cc1. The molecule has 2 aliphatic rings. The second-order valence-electron chi connectivity index (χ2n) is 8.20. The zero-order valence-electron chi connectivity index (χ0n) is 18.4. The van der Waals surface area contributed by atoms with E-state index < -0.39 is 0 Å². The molecule has 176 valence electrons. The Balaban J connectivity index is 1.19. The van der Waals surface area contributed by atoms with E-state index in [1.54, 1.807) is 23.1 Å². The van der Waals surface area contributed by atoms with Gasteiger partial charge in [-0.1, -0.05) is 23.2 Å². The lowest BCUT2D eigenvalue weighted by molar-refractivity contribution is -0.116. The zero-order valence-corrected chi connectivity index (χ0v) is 19.9. The van der Waals surface area contributed by atoms with Gasteiger partial charge in [0.05, 0.1) is 23.8 Å². The largest absolute Gasteiger partial charge is 0.378 e. The number of carbonyl (C=O) groups excluding carboxylic acids is 2. The van der Waals surface area contributed by atoms with Crippen LogP contribution >= 0.6 is 23.2 Å². The number of hydrogen-bond donors (Lipinski definition) is 1. The number of rotatable bonds is 6. The van der Waals surface area contributed by atoms with Gasteiger partial charge in [0.1, 0.15) is 0 Å². The van der Waals surface area contributed by atoms with Gasteiger partial charge in [-0.15, -0.1) is 0 Å². The van der Waals surface area contributed by atoms with E-state index in [1.807, 2.05) is 24.3 Å². The molecular weight excluding hydrogens is 463 g/mol. The van der Waals surface area contributed by atoms with E-state index >= 15 is 0 Å². The van der Waals surface area contributed by atoms with Gasteiger partial charge in [0, 0.05) is 68.6 Å². The lowest BCUT2D eigenvalue weighted by Crippen LogP contribution is -2.49. The number of benzene rings is 2. The van der Waals surface area contributed by atoms with Crippen molar-refractivity contribution >= 4 is 46.4 Å². The summed E-state index contributed by atoms with van der Waals surface area (Å²) >= 11 is 12.1. The highest BCUT2D eigenvalue weighted by atomic mass is 35.5. The van der Waals surface area contributed by atoms with Crippen LogP contribution in [0.25, 0.3) is 0 Å². The fourth-order valence-electron chi connectivity index (χ4n) is 4.07. The van der Waals surface area contributed by atoms with Gasteiger partial charge in [0.2, 0.25) is 5.91 Å². The van der Waals surface area contributed by atoms with Crippen molar-refractivity contribution in [3.63, 3.8) is 0 Å². The van der Waals surface area contributed by atoms with Gasteiger partial charge < -0.3 is 19.9 Å². The van der Waals surface area contributed by atoms with Crippen LogP contribution in [0.15, 0.2) is 42.5 Å². The first kappa shape index (κ1) is 23.8. The third-order valence-corrected chi connectivity index (χ3v) is 6.55. The molecule has 0 bridgehead atoms. The molecule has 0 unspecified atom stereocenters. The van der Waals surface area contributed by atoms with Crippen LogP contribution in [0.2, 0.25) is 10.0 Å². The van der Waals surface area contributed by atoms with Gasteiger partial charge in [-0.25, -0.2) is 0 Å². The van der Waals surface area contributed by atoms with Crippen LogP contribution in [0.4, 0.5) is 11.4 Å². The van der Waals surface area contributed by atoms with Crippen molar-refractivity contribution in [1.29, 1.82) is 0 Å². The fourth-order valence-corrected chi connectivity index (χ4v) is 4.56. The molecule has 2 aromatic carbocycles. The highest BCUT2D eigenvalue weighted by Gasteiger charge is 2.24. The number of anilines is 2. The van der Waals surface area contributed by atoms with Crippen molar-refractivity contribution in [3.8, 4) is 0 Å². The predicted octanol–water partition coefficient (Wildman–Crippen LogP) is 3.62. The monoisotopic (exact) mass is 490 g/mol. The first-order valence-electron chi connectivity index (χ1n) is 11.2. The average molecular weight is 491 g/mol. The molecule has 4 rings (SSSR count). The van der Waals surface area contributed by atoms with Crippen molar-refractivity contribution in [2.45, 2.75) is 6.42 Å². The maximum absolute atomic E-state index is 12.7. The van der Waals surface area contributed by atoms with Crippen LogP contribution in [0.1, 0.15) is 16.8 Å². The van der Waals surface area contributed by atoms with Crippen LogP contribution in [0.5, 0.6) is 0 Å². The Labute approximate surface area is 204 Å². The van der Waals surface area contributed by atoms with Crippen molar-refractivity contribution < 1.29 is 14.3 Å². The number of amides is 2. The maximum atomic E-state index is 12.7. The first-order chi connectivity index (χ1) is 16.0. The van der Waals surface area contributed by atoms with Gasteiger partial charge in [-0.2, -0.15) is 0 Å². The van der Waals surface area contributed by atoms with Crippen molar-refractivity contribution in [2.75, 3.05) is 69.2 Å². The van der Waals surface area contributed by atoms with E-state index in [1.165, 1.54) is 0 Å². The summed E-state index contributed by atoms with van der Waals surface area (Å²) in [5.41, 5.74) is 2.41. The van der Waals surface area contributed by atoms with E-state index in [9.17, 15) is 9.59 Å². The van der Waals surface area contributed by atoms with Crippen molar-refractivity contribution in [3.05, 3.63) is 58.1 Å². The van der Waals surface area contributed by atoms with E-state index in [0.29, 0.717) is 41.7 Å². The summed E-state index contributed by atoms with van der Waals surface area (Å²) in [7, 11) is 0. The lowest BCUT2D eigenvalue weighted by Gasteiger charge is -2.34. The number of nitrogens with one attached hydrogen (secondary N) is 1. The molecule has 0 spiro atoms. The van der Waals surface area contributed by atoms with E-state index in [4.69, 9.17) is 27.9 Å². The molecule has 2 heterocycles. The second kappa shape index (κ2) is 11.2. The Morgan fingerprint density at radius 1 is 0.909 bits per heavy atom.